The number of aryl methyl sites for hydroxylation is 1. The number of carbonyl (C=O) groups excluding carboxylic acids is 1. The Labute approximate surface area is 182 Å². The van der Waals surface area contributed by atoms with Gasteiger partial charge in [0.25, 0.3) is 0 Å². The normalized spacial score (nSPS) is 10.9. The molecule has 0 aliphatic rings. The highest BCUT2D eigenvalue weighted by molar-refractivity contribution is 7.99. The Morgan fingerprint density at radius 3 is 2.84 bits per heavy atom. The molecule has 0 fully saturated rings. The maximum Gasteiger partial charge on any atom is 0.235 e. The molecule has 0 radical (unpaired) electrons. The van der Waals surface area contributed by atoms with Crippen molar-refractivity contribution in [1.29, 1.82) is 0 Å². The van der Waals surface area contributed by atoms with Crippen molar-refractivity contribution < 1.29 is 9.18 Å². The summed E-state index contributed by atoms with van der Waals surface area (Å²) in [6, 6.07) is 13.9. The standard InChI is InChI=1S/C21H20FN7OS/c1-14-5-3-8-18(15(14)2)29-21(25-26-27-29)31-13-20(30)24-19-9-10-23-28(19)12-16-6-4-7-17(22)11-16/h3-11H,12-13H2,1-2H3,(H,24,30). The molecule has 2 aromatic carbocycles. The van der Waals surface area contributed by atoms with Crippen molar-refractivity contribution in [3.8, 4) is 5.69 Å². The number of anilines is 1. The van der Waals surface area contributed by atoms with E-state index in [0.717, 1.165) is 22.4 Å². The molecule has 1 amide bonds. The summed E-state index contributed by atoms with van der Waals surface area (Å²) in [4.78, 5) is 12.5. The van der Waals surface area contributed by atoms with E-state index in [1.54, 1.807) is 33.8 Å². The van der Waals surface area contributed by atoms with Crippen LogP contribution in [-0.2, 0) is 11.3 Å². The van der Waals surface area contributed by atoms with Gasteiger partial charge >= 0.3 is 0 Å². The molecule has 0 spiro atoms. The minimum absolute atomic E-state index is 0.121. The van der Waals surface area contributed by atoms with Gasteiger partial charge in [0.15, 0.2) is 0 Å². The van der Waals surface area contributed by atoms with E-state index in [2.05, 4.69) is 25.9 Å². The van der Waals surface area contributed by atoms with Gasteiger partial charge in [-0.05, 0) is 59.2 Å². The predicted octanol–water partition coefficient (Wildman–Crippen LogP) is 3.39. The lowest BCUT2D eigenvalue weighted by Gasteiger charge is -2.10. The topological polar surface area (TPSA) is 90.5 Å². The molecule has 31 heavy (non-hydrogen) atoms. The lowest BCUT2D eigenvalue weighted by molar-refractivity contribution is -0.113. The largest absolute Gasteiger partial charge is 0.310 e. The lowest BCUT2D eigenvalue weighted by Crippen LogP contribution is -2.18. The number of carbonyl (C=O) groups is 1. The van der Waals surface area contributed by atoms with Gasteiger partial charge in [-0.3, -0.25) is 4.79 Å². The molecule has 158 valence electrons. The predicted molar refractivity (Wildman–Crippen MR) is 116 cm³/mol. The van der Waals surface area contributed by atoms with Gasteiger partial charge in [-0.15, -0.1) is 5.10 Å². The van der Waals surface area contributed by atoms with E-state index in [4.69, 9.17) is 0 Å². The number of nitrogens with zero attached hydrogens (tertiary/aromatic N) is 6. The highest BCUT2D eigenvalue weighted by Gasteiger charge is 2.15. The molecule has 2 aromatic heterocycles. The number of nitrogens with one attached hydrogen (secondary N) is 1. The number of halogens is 1. The van der Waals surface area contributed by atoms with Crippen LogP contribution in [0, 0.1) is 19.7 Å². The van der Waals surface area contributed by atoms with Crippen LogP contribution in [0.5, 0.6) is 0 Å². The van der Waals surface area contributed by atoms with Crippen molar-refractivity contribution in [3.63, 3.8) is 0 Å². The molecule has 0 saturated heterocycles. The molecule has 0 saturated carbocycles. The van der Waals surface area contributed by atoms with Crippen LogP contribution >= 0.6 is 11.8 Å². The van der Waals surface area contributed by atoms with Crippen molar-refractivity contribution in [2.45, 2.75) is 25.5 Å². The molecule has 0 aliphatic carbocycles. The lowest BCUT2D eigenvalue weighted by atomic mass is 10.1. The Bertz CT molecular complexity index is 1220. The Morgan fingerprint density at radius 2 is 2.00 bits per heavy atom. The summed E-state index contributed by atoms with van der Waals surface area (Å²) in [7, 11) is 0. The number of hydrogen-bond acceptors (Lipinski definition) is 6. The molecule has 0 aliphatic heterocycles. The maximum atomic E-state index is 13.4. The number of amides is 1. The second kappa shape index (κ2) is 9.09. The van der Waals surface area contributed by atoms with Crippen LogP contribution in [0.1, 0.15) is 16.7 Å². The van der Waals surface area contributed by atoms with Crippen LogP contribution < -0.4 is 5.32 Å². The van der Waals surface area contributed by atoms with Crippen LogP contribution in [0.2, 0.25) is 0 Å². The van der Waals surface area contributed by atoms with Crippen LogP contribution in [0.3, 0.4) is 0 Å². The summed E-state index contributed by atoms with van der Waals surface area (Å²) in [5, 5.41) is 19.4. The SMILES string of the molecule is Cc1cccc(-n2nnnc2SCC(=O)Nc2ccnn2Cc2cccc(F)c2)c1C. The third-order valence-corrected chi connectivity index (χ3v) is 5.70. The summed E-state index contributed by atoms with van der Waals surface area (Å²) < 4.78 is 16.7. The second-order valence-corrected chi connectivity index (χ2v) is 7.88. The fraction of sp³-hybridized carbons (Fsp3) is 0.190. The first-order valence-corrected chi connectivity index (χ1v) is 10.5. The van der Waals surface area contributed by atoms with E-state index in [1.807, 2.05) is 32.0 Å². The third kappa shape index (κ3) is 4.80. The first-order valence-electron chi connectivity index (χ1n) is 9.55. The zero-order valence-electron chi connectivity index (χ0n) is 17.0. The van der Waals surface area contributed by atoms with E-state index in [1.165, 1.54) is 23.9 Å². The minimum atomic E-state index is -0.312. The minimum Gasteiger partial charge on any atom is -0.310 e. The molecule has 0 unspecified atom stereocenters. The van der Waals surface area contributed by atoms with Crippen molar-refractivity contribution in [2.75, 3.05) is 11.1 Å². The number of tetrazole rings is 1. The molecule has 4 aromatic rings. The molecule has 8 nitrogen and oxygen atoms in total. The number of rotatable bonds is 7. The first-order chi connectivity index (χ1) is 15.0. The number of benzene rings is 2. The van der Waals surface area contributed by atoms with Gasteiger partial charge in [-0.25, -0.2) is 9.07 Å². The fourth-order valence-corrected chi connectivity index (χ4v) is 3.75. The van der Waals surface area contributed by atoms with Gasteiger partial charge in [0.1, 0.15) is 11.6 Å². The smallest absolute Gasteiger partial charge is 0.235 e. The van der Waals surface area contributed by atoms with E-state index < -0.39 is 0 Å². The summed E-state index contributed by atoms with van der Waals surface area (Å²) >= 11 is 1.24. The van der Waals surface area contributed by atoms with E-state index in [9.17, 15) is 9.18 Å². The molecule has 0 bridgehead atoms. The van der Waals surface area contributed by atoms with Crippen molar-refractivity contribution >= 4 is 23.5 Å². The van der Waals surface area contributed by atoms with Crippen LogP contribution in [0.15, 0.2) is 59.9 Å². The van der Waals surface area contributed by atoms with Crippen molar-refractivity contribution in [3.05, 3.63) is 77.2 Å². The van der Waals surface area contributed by atoms with Gasteiger partial charge in [-0.2, -0.15) is 9.78 Å². The zero-order valence-corrected chi connectivity index (χ0v) is 17.8. The summed E-state index contributed by atoms with van der Waals surface area (Å²) in [6.45, 7) is 4.38. The van der Waals surface area contributed by atoms with E-state index >= 15 is 0 Å². The number of hydrogen-bond donors (Lipinski definition) is 1. The average molecular weight is 438 g/mol. The molecule has 4 rings (SSSR count). The first kappa shape index (κ1) is 20.7. The van der Waals surface area contributed by atoms with Crippen molar-refractivity contribution in [1.82, 2.24) is 30.0 Å². The van der Waals surface area contributed by atoms with E-state index in [0.29, 0.717) is 17.5 Å². The Kier molecular flexibility index (Phi) is 6.08. The monoisotopic (exact) mass is 437 g/mol. The highest BCUT2D eigenvalue weighted by atomic mass is 32.2. The number of thioether (sulfide) groups is 1. The van der Waals surface area contributed by atoms with Gasteiger partial charge in [0, 0.05) is 6.07 Å². The average Bonchev–Trinajstić information content (AvgIpc) is 3.38. The van der Waals surface area contributed by atoms with E-state index in [-0.39, 0.29) is 17.5 Å². The van der Waals surface area contributed by atoms with Gasteiger partial charge in [0.2, 0.25) is 11.1 Å². The summed E-state index contributed by atoms with van der Waals surface area (Å²) in [6.07, 6.45) is 1.59. The summed E-state index contributed by atoms with van der Waals surface area (Å²) in [5.74, 6) is 0.120. The van der Waals surface area contributed by atoms with Gasteiger partial charge in [-0.1, -0.05) is 36.0 Å². The molecular weight excluding hydrogens is 417 g/mol. The highest BCUT2D eigenvalue weighted by Crippen LogP contribution is 2.22. The molecule has 0 atom stereocenters. The summed E-state index contributed by atoms with van der Waals surface area (Å²) in [5.41, 5.74) is 3.83. The van der Waals surface area contributed by atoms with Crippen LogP contribution in [-0.4, -0.2) is 41.6 Å². The maximum absolute atomic E-state index is 13.4. The molecule has 2 heterocycles. The molecule has 10 heteroatoms. The molecule has 1 N–H and O–H groups in total. The Morgan fingerprint density at radius 1 is 1.16 bits per heavy atom. The molecular formula is C21H20FN7OS. The van der Waals surface area contributed by atoms with Crippen LogP contribution in [0.4, 0.5) is 10.2 Å². The second-order valence-electron chi connectivity index (χ2n) is 6.93. The number of aromatic nitrogens is 6. The zero-order chi connectivity index (χ0) is 21.8. The quantitative estimate of drug-likeness (QED) is 0.446. The van der Waals surface area contributed by atoms with Gasteiger partial charge in [0.05, 0.1) is 24.2 Å². The Hall–Kier alpha value is -3.53. The fourth-order valence-electron chi connectivity index (χ4n) is 3.07. The van der Waals surface area contributed by atoms with Gasteiger partial charge < -0.3 is 5.32 Å². The van der Waals surface area contributed by atoms with Crippen LogP contribution in [0.25, 0.3) is 5.69 Å². The Balaban J connectivity index is 1.41. The third-order valence-electron chi connectivity index (χ3n) is 4.78. The van der Waals surface area contributed by atoms with Crippen molar-refractivity contribution in [2.24, 2.45) is 0 Å².